The number of nitrogens with zero attached hydrogens (tertiary/aromatic N) is 2. The monoisotopic (exact) mass is 346 g/mol. The van der Waals surface area contributed by atoms with E-state index in [4.69, 9.17) is 15.1 Å². The maximum atomic E-state index is 10.8. The summed E-state index contributed by atoms with van der Waals surface area (Å²) in [5, 5.41) is 18.0. The van der Waals surface area contributed by atoms with Gasteiger partial charge in [-0.1, -0.05) is 22.0 Å². The lowest BCUT2D eigenvalue weighted by Gasteiger charge is -2.13. The fourth-order valence-corrected chi connectivity index (χ4v) is 2.29. The Balaban J connectivity index is 2.35. The van der Waals surface area contributed by atoms with Crippen LogP contribution in [0, 0.1) is 11.3 Å². The molecule has 1 heterocycles. The summed E-state index contributed by atoms with van der Waals surface area (Å²) in [7, 11) is 0. The number of pyridine rings is 1. The Kier molecular flexibility index (Phi) is 4.55. The Morgan fingerprint density at radius 1 is 1.43 bits per heavy atom. The zero-order valence-corrected chi connectivity index (χ0v) is 12.7. The number of nitriles is 1. The first-order valence-electron chi connectivity index (χ1n) is 6.07. The number of halogens is 1. The first-order valence-corrected chi connectivity index (χ1v) is 6.98. The zero-order valence-electron chi connectivity index (χ0n) is 11.1. The highest BCUT2D eigenvalue weighted by molar-refractivity contribution is 9.09. The van der Waals surface area contributed by atoms with Crippen molar-refractivity contribution in [1.29, 1.82) is 5.26 Å². The lowest BCUT2D eigenvalue weighted by atomic mass is 10.1. The van der Waals surface area contributed by atoms with E-state index in [1.54, 1.807) is 18.2 Å². The fourth-order valence-electron chi connectivity index (χ4n) is 1.82. The molecule has 0 fully saturated rings. The van der Waals surface area contributed by atoms with Gasteiger partial charge in [-0.05, 0) is 25.1 Å². The van der Waals surface area contributed by atoms with Crippen LogP contribution in [0.25, 0.3) is 0 Å². The second-order valence-corrected chi connectivity index (χ2v) is 5.61. The predicted octanol–water partition coefficient (Wildman–Crippen LogP) is 3.90. The van der Waals surface area contributed by atoms with Gasteiger partial charge < -0.3 is 9.84 Å². The highest BCUT2D eigenvalue weighted by Gasteiger charge is 2.15. The van der Waals surface area contributed by atoms with Gasteiger partial charge in [0, 0.05) is 22.7 Å². The maximum Gasteiger partial charge on any atom is 0.337 e. The van der Waals surface area contributed by atoms with Crippen molar-refractivity contribution in [2.75, 3.05) is 0 Å². The van der Waals surface area contributed by atoms with Crippen molar-refractivity contribution in [3.05, 3.63) is 53.2 Å². The van der Waals surface area contributed by atoms with Crippen LogP contribution in [0.15, 0.2) is 36.5 Å². The summed E-state index contributed by atoms with van der Waals surface area (Å²) in [4.78, 5) is 14.7. The van der Waals surface area contributed by atoms with E-state index in [9.17, 15) is 4.79 Å². The van der Waals surface area contributed by atoms with E-state index < -0.39 is 5.97 Å². The largest absolute Gasteiger partial charge is 0.478 e. The van der Waals surface area contributed by atoms with Gasteiger partial charge in [0.1, 0.15) is 5.75 Å². The van der Waals surface area contributed by atoms with Crippen molar-refractivity contribution in [1.82, 2.24) is 4.98 Å². The van der Waals surface area contributed by atoms with E-state index in [1.165, 1.54) is 18.3 Å². The van der Waals surface area contributed by atoms with Crippen molar-refractivity contribution in [2.45, 2.75) is 11.8 Å². The molecule has 0 radical (unpaired) electrons. The predicted molar refractivity (Wildman–Crippen MR) is 79.8 cm³/mol. The molecular weight excluding hydrogens is 336 g/mol. The molecule has 1 aromatic heterocycles. The van der Waals surface area contributed by atoms with Crippen molar-refractivity contribution in [2.24, 2.45) is 0 Å². The van der Waals surface area contributed by atoms with Crippen LogP contribution >= 0.6 is 15.9 Å². The first kappa shape index (κ1) is 15.0. The molecule has 0 saturated heterocycles. The Morgan fingerprint density at radius 2 is 2.19 bits per heavy atom. The second kappa shape index (κ2) is 6.37. The Bertz CT molecular complexity index is 706. The SMILES string of the molecule is CC(Br)c1c(C#N)cccc1Oc1ccc(C(=O)O)cn1. The molecule has 0 aliphatic carbocycles. The number of hydrogen-bond acceptors (Lipinski definition) is 4. The van der Waals surface area contributed by atoms with Gasteiger partial charge >= 0.3 is 5.97 Å². The number of rotatable bonds is 4. The lowest BCUT2D eigenvalue weighted by molar-refractivity contribution is 0.0696. The molecule has 2 rings (SSSR count). The van der Waals surface area contributed by atoms with Crippen LogP contribution in [0.1, 0.15) is 33.2 Å². The van der Waals surface area contributed by atoms with Crippen LogP contribution in [-0.2, 0) is 0 Å². The molecule has 5 nitrogen and oxygen atoms in total. The van der Waals surface area contributed by atoms with Gasteiger partial charge in [-0.15, -0.1) is 0 Å². The van der Waals surface area contributed by atoms with Crippen molar-refractivity contribution < 1.29 is 14.6 Å². The highest BCUT2D eigenvalue weighted by atomic mass is 79.9. The minimum atomic E-state index is -1.05. The quantitative estimate of drug-likeness (QED) is 0.848. The Labute approximate surface area is 129 Å². The van der Waals surface area contributed by atoms with Gasteiger partial charge in [-0.25, -0.2) is 9.78 Å². The topological polar surface area (TPSA) is 83.2 Å². The minimum absolute atomic E-state index is 0.0679. The third-order valence-electron chi connectivity index (χ3n) is 2.78. The molecule has 0 aliphatic rings. The van der Waals surface area contributed by atoms with E-state index >= 15 is 0 Å². The average molecular weight is 347 g/mol. The summed E-state index contributed by atoms with van der Waals surface area (Å²) in [6.45, 7) is 1.89. The summed E-state index contributed by atoms with van der Waals surface area (Å²) >= 11 is 3.44. The molecule has 6 heteroatoms. The van der Waals surface area contributed by atoms with Crippen molar-refractivity contribution >= 4 is 21.9 Å². The molecular formula is C15H11BrN2O3. The fraction of sp³-hybridized carbons (Fsp3) is 0.133. The minimum Gasteiger partial charge on any atom is -0.478 e. The van der Waals surface area contributed by atoms with E-state index in [1.807, 2.05) is 6.92 Å². The molecule has 1 N–H and O–H groups in total. The van der Waals surface area contributed by atoms with Gasteiger partial charge in [0.05, 0.1) is 17.2 Å². The Hall–Kier alpha value is -2.39. The van der Waals surface area contributed by atoms with Gasteiger partial charge in [-0.2, -0.15) is 5.26 Å². The number of hydrogen-bond donors (Lipinski definition) is 1. The number of ether oxygens (including phenoxy) is 1. The summed E-state index contributed by atoms with van der Waals surface area (Å²) < 4.78 is 5.66. The van der Waals surface area contributed by atoms with Gasteiger partial charge in [0.25, 0.3) is 0 Å². The molecule has 0 saturated carbocycles. The number of carboxylic acids is 1. The number of carboxylic acid groups (broad SMARTS) is 1. The molecule has 2 aromatic rings. The standard InChI is InChI=1S/C15H11BrN2O3/c1-9(16)14-10(7-17)3-2-4-12(14)21-13-6-5-11(8-18-13)15(19)20/h2-6,8-9H,1H3,(H,19,20). The van der Waals surface area contributed by atoms with Crippen molar-refractivity contribution in [3.8, 4) is 17.7 Å². The van der Waals surface area contributed by atoms with Crippen LogP contribution in [0.3, 0.4) is 0 Å². The smallest absolute Gasteiger partial charge is 0.337 e. The molecule has 21 heavy (non-hydrogen) atoms. The van der Waals surface area contributed by atoms with Gasteiger partial charge in [-0.3, -0.25) is 0 Å². The normalized spacial score (nSPS) is 11.5. The number of alkyl halides is 1. The van der Waals surface area contributed by atoms with Crippen LogP contribution in [0.5, 0.6) is 11.6 Å². The molecule has 0 bridgehead atoms. The van der Waals surface area contributed by atoms with Gasteiger partial charge in [0.15, 0.2) is 0 Å². The lowest BCUT2D eigenvalue weighted by Crippen LogP contribution is -1.99. The number of aromatic carboxylic acids is 1. The highest BCUT2D eigenvalue weighted by Crippen LogP contribution is 2.35. The molecule has 0 amide bonds. The van der Waals surface area contributed by atoms with Gasteiger partial charge in [0.2, 0.25) is 5.88 Å². The summed E-state index contributed by atoms with van der Waals surface area (Å²) in [6, 6.07) is 10.2. The van der Waals surface area contributed by atoms with E-state index in [2.05, 4.69) is 27.0 Å². The van der Waals surface area contributed by atoms with E-state index in [-0.39, 0.29) is 16.3 Å². The van der Waals surface area contributed by atoms with Crippen LogP contribution in [0.4, 0.5) is 0 Å². The molecule has 1 atom stereocenters. The molecule has 1 unspecified atom stereocenters. The van der Waals surface area contributed by atoms with Crippen LogP contribution in [-0.4, -0.2) is 16.1 Å². The first-order chi connectivity index (χ1) is 10.0. The number of benzene rings is 1. The van der Waals surface area contributed by atoms with Crippen molar-refractivity contribution in [3.63, 3.8) is 0 Å². The summed E-state index contributed by atoms with van der Waals surface area (Å²) in [5.74, 6) is -0.270. The third-order valence-corrected chi connectivity index (χ3v) is 3.24. The summed E-state index contributed by atoms with van der Waals surface area (Å²) in [6.07, 6.45) is 1.23. The Morgan fingerprint density at radius 3 is 2.71 bits per heavy atom. The van der Waals surface area contributed by atoms with E-state index in [0.29, 0.717) is 11.3 Å². The van der Waals surface area contributed by atoms with Crippen LogP contribution in [0.2, 0.25) is 0 Å². The average Bonchev–Trinajstić information content (AvgIpc) is 2.47. The van der Waals surface area contributed by atoms with E-state index in [0.717, 1.165) is 5.56 Å². The maximum absolute atomic E-state index is 10.8. The zero-order chi connectivity index (χ0) is 15.4. The third kappa shape index (κ3) is 3.38. The molecule has 106 valence electrons. The molecule has 1 aromatic carbocycles. The summed E-state index contributed by atoms with van der Waals surface area (Å²) in [5.41, 5.74) is 1.32. The van der Waals surface area contributed by atoms with Crippen LogP contribution < -0.4 is 4.74 Å². The molecule has 0 aliphatic heterocycles. The second-order valence-electron chi connectivity index (χ2n) is 4.24. The number of aromatic nitrogens is 1. The number of carbonyl (C=O) groups is 1. The molecule has 0 spiro atoms.